The van der Waals surface area contributed by atoms with Crippen molar-refractivity contribution >= 4 is 34.7 Å². The number of aromatic nitrogens is 3. The van der Waals surface area contributed by atoms with Crippen LogP contribution in [0.5, 0.6) is 5.75 Å². The van der Waals surface area contributed by atoms with Crippen molar-refractivity contribution in [3.05, 3.63) is 90.3 Å². The van der Waals surface area contributed by atoms with E-state index in [0.717, 1.165) is 28.8 Å². The quantitative estimate of drug-likeness (QED) is 0.175. The van der Waals surface area contributed by atoms with Crippen molar-refractivity contribution in [1.82, 2.24) is 14.8 Å². The van der Waals surface area contributed by atoms with Crippen LogP contribution in [0.1, 0.15) is 5.56 Å². The van der Waals surface area contributed by atoms with Gasteiger partial charge in [-0.2, -0.15) is 5.10 Å². The zero-order valence-corrected chi connectivity index (χ0v) is 20.3. The molecule has 1 fully saturated rings. The molecular formula is C25H15F5N6O2S. The van der Waals surface area contributed by atoms with E-state index in [4.69, 9.17) is 0 Å². The van der Waals surface area contributed by atoms with Crippen LogP contribution >= 0.6 is 11.8 Å². The van der Waals surface area contributed by atoms with Crippen molar-refractivity contribution in [2.75, 3.05) is 10.7 Å². The summed E-state index contributed by atoms with van der Waals surface area (Å²) < 4.78 is 70.7. The Balaban J connectivity index is 1.27. The number of carbonyl (C=O) groups is 1. The molecule has 1 aliphatic rings. The summed E-state index contributed by atoms with van der Waals surface area (Å²) in [6, 6.07) is 15.4. The van der Waals surface area contributed by atoms with E-state index >= 15 is 0 Å². The third-order valence-corrected chi connectivity index (χ3v) is 6.19. The predicted molar refractivity (Wildman–Crippen MR) is 135 cm³/mol. The molecule has 8 nitrogen and oxygen atoms in total. The molecule has 0 saturated carbocycles. The number of anilines is 1. The lowest BCUT2D eigenvalue weighted by atomic mass is 10.1. The highest BCUT2D eigenvalue weighted by molar-refractivity contribution is 8.15. The molecule has 1 saturated heterocycles. The van der Waals surface area contributed by atoms with Gasteiger partial charge in [0, 0.05) is 5.56 Å². The lowest BCUT2D eigenvalue weighted by Crippen LogP contribution is -2.30. The number of amides is 1. The molecule has 0 spiro atoms. The van der Waals surface area contributed by atoms with Crippen molar-refractivity contribution in [3.8, 4) is 22.8 Å². The number of rotatable bonds is 6. The van der Waals surface area contributed by atoms with E-state index in [1.807, 2.05) is 0 Å². The Morgan fingerprint density at radius 1 is 0.974 bits per heavy atom. The molecule has 14 heteroatoms. The Labute approximate surface area is 221 Å². The second-order valence-corrected chi connectivity index (χ2v) is 8.83. The number of para-hydroxylation sites is 1. The second kappa shape index (κ2) is 10.6. The zero-order chi connectivity index (χ0) is 27.6. The van der Waals surface area contributed by atoms with Crippen LogP contribution in [0.3, 0.4) is 0 Å². The number of carbonyl (C=O) groups excluding carboxylic acids is 1. The molecule has 4 aromatic rings. The summed E-state index contributed by atoms with van der Waals surface area (Å²) in [5.41, 5.74) is 1.29. The first-order valence-corrected chi connectivity index (χ1v) is 12.1. The summed E-state index contributed by atoms with van der Waals surface area (Å²) in [7, 11) is 0. The maximum absolute atomic E-state index is 14.2. The van der Waals surface area contributed by atoms with Crippen molar-refractivity contribution < 1.29 is 31.5 Å². The van der Waals surface area contributed by atoms with E-state index in [0.29, 0.717) is 22.6 Å². The fourth-order valence-electron chi connectivity index (χ4n) is 3.54. The summed E-state index contributed by atoms with van der Waals surface area (Å²) >= 11 is 1.01. The van der Waals surface area contributed by atoms with Gasteiger partial charge in [-0.1, -0.05) is 42.1 Å². The predicted octanol–water partition coefficient (Wildman–Crippen LogP) is 5.58. The molecule has 198 valence electrons. The highest BCUT2D eigenvalue weighted by Gasteiger charge is 2.34. The van der Waals surface area contributed by atoms with Crippen LogP contribution in [-0.2, 0) is 4.79 Å². The van der Waals surface area contributed by atoms with Gasteiger partial charge in [0.1, 0.15) is 29.4 Å². The van der Waals surface area contributed by atoms with Gasteiger partial charge in [-0.25, -0.2) is 18.4 Å². The topological polar surface area (TPSA) is 85.0 Å². The molecule has 0 aliphatic carbocycles. The van der Waals surface area contributed by atoms with Crippen LogP contribution in [0.25, 0.3) is 17.1 Å². The molecule has 2 heterocycles. The van der Waals surface area contributed by atoms with Crippen LogP contribution in [0, 0.1) is 11.6 Å². The number of benzene rings is 3. The zero-order valence-electron chi connectivity index (χ0n) is 19.5. The summed E-state index contributed by atoms with van der Waals surface area (Å²) in [4.78, 5) is 17.3. The minimum absolute atomic E-state index is 0.0258. The number of nitrogens with zero attached hydrogens (tertiary/aromatic N) is 6. The monoisotopic (exact) mass is 558 g/mol. The Hall–Kier alpha value is -4.59. The number of alkyl halides is 3. The van der Waals surface area contributed by atoms with Crippen molar-refractivity contribution in [1.29, 1.82) is 0 Å². The van der Waals surface area contributed by atoms with Crippen LogP contribution < -0.4 is 9.64 Å². The highest BCUT2D eigenvalue weighted by Crippen LogP contribution is 2.31. The molecule has 0 unspecified atom stereocenters. The Kier molecular flexibility index (Phi) is 7.11. The van der Waals surface area contributed by atoms with E-state index in [1.54, 1.807) is 24.3 Å². The van der Waals surface area contributed by atoms with Gasteiger partial charge in [0.2, 0.25) is 5.91 Å². The van der Waals surface area contributed by atoms with Gasteiger partial charge in [-0.15, -0.1) is 23.4 Å². The smallest absolute Gasteiger partial charge is 0.406 e. The standard InChI is InChI=1S/C25H15F5N6O2S/c26-19-2-1-3-20(27)22(19)36-21(37)13-39-24(36)33-32-12-15-4-6-16(7-5-15)23-31-14-35(34-23)17-8-10-18(11-9-17)38-25(28,29)30/h1-12,14H,13H2. The number of ether oxygens (including phenoxy) is 1. The molecule has 3 aromatic carbocycles. The van der Waals surface area contributed by atoms with Crippen LogP contribution in [-0.4, -0.2) is 44.2 Å². The van der Waals surface area contributed by atoms with Crippen molar-refractivity contribution in [2.45, 2.75) is 6.36 Å². The van der Waals surface area contributed by atoms with E-state index < -0.39 is 29.6 Å². The van der Waals surface area contributed by atoms with E-state index in [2.05, 4.69) is 25.0 Å². The Morgan fingerprint density at radius 3 is 2.33 bits per heavy atom. The summed E-state index contributed by atoms with van der Waals surface area (Å²) in [5, 5.41) is 12.3. The number of halogens is 5. The van der Waals surface area contributed by atoms with Crippen molar-refractivity contribution in [3.63, 3.8) is 0 Å². The third kappa shape index (κ3) is 5.95. The maximum atomic E-state index is 14.2. The highest BCUT2D eigenvalue weighted by atomic mass is 32.2. The number of hydrogen-bond acceptors (Lipinski definition) is 7. The van der Waals surface area contributed by atoms with Crippen LogP contribution in [0.4, 0.5) is 27.6 Å². The second-order valence-electron chi connectivity index (χ2n) is 7.89. The molecule has 0 bridgehead atoms. The number of hydrogen-bond donors (Lipinski definition) is 0. The van der Waals surface area contributed by atoms with Gasteiger partial charge < -0.3 is 4.74 Å². The van der Waals surface area contributed by atoms with Gasteiger partial charge in [-0.3, -0.25) is 9.69 Å². The number of amidine groups is 1. The van der Waals surface area contributed by atoms with Gasteiger partial charge in [0.25, 0.3) is 0 Å². The fourth-order valence-corrected chi connectivity index (χ4v) is 4.35. The van der Waals surface area contributed by atoms with Crippen LogP contribution in [0.2, 0.25) is 0 Å². The molecular weight excluding hydrogens is 543 g/mol. The number of thioether (sulfide) groups is 1. The van der Waals surface area contributed by atoms with Crippen molar-refractivity contribution in [2.24, 2.45) is 10.2 Å². The van der Waals surface area contributed by atoms with E-state index in [9.17, 15) is 26.7 Å². The van der Waals surface area contributed by atoms with Gasteiger partial charge >= 0.3 is 6.36 Å². The first kappa shape index (κ1) is 26.0. The first-order chi connectivity index (χ1) is 18.7. The molecule has 0 radical (unpaired) electrons. The molecule has 1 amide bonds. The normalized spacial score (nSPS) is 15.1. The molecule has 0 atom stereocenters. The minimum atomic E-state index is -4.78. The molecule has 0 N–H and O–H groups in total. The Bertz CT molecular complexity index is 1550. The SMILES string of the molecule is O=C1CSC(=NN=Cc2ccc(-c3ncn(-c4ccc(OC(F)(F)F)cc4)n3)cc2)N1c1c(F)cccc1F. The lowest BCUT2D eigenvalue weighted by molar-refractivity contribution is -0.274. The molecule has 5 rings (SSSR count). The third-order valence-electron chi connectivity index (χ3n) is 5.27. The van der Waals surface area contributed by atoms with Gasteiger partial charge in [0.05, 0.1) is 17.7 Å². The lowest BCUT2D eigenvalue weighted by Gasteiger charge is -2.16. The van der Waals surface area contributed by atoms with Gasteiger partial charge in [-0.05, 0) is 42.0 Å². The fraction of sp³-hybridized carbons (Fsp3) is 0.0800. The minimum Gasteiger partial charge on any atom is -0.406 e. The summed E-state index contributed by atoms with van der Waals surface area (Å²) in [5.74, 6) is -2.29. The Morgan fingerprint density at radius 2 is 1.67 bits per heavy atom. The molecule has 1 aliphatic heterocycles. The van der Waals surface area contributed by atoms with E-state index in [1.165, 1.54) is 47.6 Å². The summed E-state index contributed by atoms with van der Waals surface area (Å²) in [6.07, 6.45) is -1.95. The van der Waals surface area contributed by atoms with Crippen LogP contribution in [0.15, 0.2) is 83.3 Å². The largest absolute Gasteiger partial charge is 0.573 e. The molecule has 39 heavy (non-hydrogen) atoms. The van der Waals surface area contributed by atoms with Gasteiger partial charge in [0.15, 0.2) is 11.0 Å². The summed E-state index contributed by atoms with van der Waals surface area (Å²) in [6.45, 7) is 0. The average molecular weight is 558 g/mol. The van der Waals surface area contributed by atoms with E-state index in [-0.39, 0.29) is 16.7 Å². The molecule has 1 aromatic heterocycles. The average Bonchev–Trinajstić information content (AvgIpc) is 3.52. The maximum Gasteiger partial charge on any atom is 0.573 e. The first-order valence-electron chi connectivity index (χ1n) is 11.1.